The number of carbonyl (C=O) groups is 1. The number of amides is 1. The van der Waals surface area contributed by atoms with Gasteiger partial charge in [-0.25, -0.2) is 0 Å². The quantitative estimate of drug-likeness (QED) is 0.719. The van der Waals surface area contributed by atoms with E-state index in [-0.39, 0.29) is 30.4 Å². The zero-order valence-electron chi connectivity index (χ0n) is 10.3. The summed E-state index contributed by atoms with van der Waals surface area (Å²) in [7, 11) is 0. The van der Waals surface area contributed by atoms with Crippen LogP contribution in [0.25, 0.3) is 0 Å². The minimum absolute atomic E-state index is 0. The lowest BCUT2D eigenvalue weighted by atomic mass is 10.2. The highest BCUT2D eigenvalue weighted by Gasteiger charge is 2.19. The minimum Gasteiger partial charge on any atom is -0.339 e. The minimum atomic E-state index is -0.376. The van der Waals surface area contributed by atoms with Crippen LogP contribution in [0.1, 0.15) is 47.0 Å². The second-order valence-electron chi connectivity index (χ2n) is 4.12. The number of unbranched alkanes of at least 4 members (excludes halogenated alkanes) is 2. The normalized spacial score (nSPS) is 12.1. The third kappa shape index (κ3) is 6.74. The molecule has 92 valence electrons. The average molecular weight is 237 g/mol. The molecule has 0 aromatic rings. The van der Waals surface area contributed by atoms with E-state index in [0.717, 1.165) is 13.0 Å². The Morgan fingerprint density at radius 1 is 1.27 bits per heavy atom. The molecule has 1 unspecified atom stereocenters. The third-order valence-corrected chi connectivity index (χ3v) is 2.30. The van der Waals surface area contributed by atoms with Gasteiger partial charge in [0.2, 0.25) is 5.91 Å². The SMILES string of the molecule is CCCCCN(C(=O)C(C)N)C(C)C.Cl. The van der Waals surface area contributed by atoms with Gasteiger partial charge in [0.25, 0.3) is 0 Å². The fourth-order valence-electron chi connectivity index (χ4n) is 1.42. The van der Waals surface area contributed by atoms with Gasteiger partial charge in [0.1, 0.15) is 0 Å². The van der Waals surface area contributed by atoms with Crippen LogP contribution in [-0.2, 0) is 4.79 Å². The highest BCUT2D eigenvalue weighted by atomic mass is 35.5. The average Bonchev–Trinajstić information content (AvgIpc) is 2.10. The summed E-state index contributed by atoms with van der Waals surface area (Å²) >= 11 is 0. The molecule has 0 aliphatic heterocycles. The van der Waals surface area contributed by atoms with Crippen molar-refractivity contribution in [3.05, 3.63) is 0 Å². The van der Waals surface area contributed by atoms with E-state index in [0.29, 0.717) is 0 Å². The predicted octanol–water partition coefficient (Wildman–Crippen LogP) is 2.18. The molecule has 0 aliphatic carbocycles. The van der Waals surface area contributed by atoms with Gasteiger partial charge in [-0.2, -0.15) is 0 Å². The van der Waals surface area contributed by atoms with E-state index in [1.807, 2.05) is 18.7 Å². The number of nitrogens with zero attached hydrogens (tertiary/aromatic N) is 1. The lowest BCUT2D eigenvalue weighted by Gasteiger charge is -2.28. The van der Waals surface area contributed by atoms with Crippen LogP contribution in [0.3, 0.4) is 0 Å². The number of rotatable bonds is 6. The topological polar surface area (TPSA) is 46.3 Å². The van der Waals surface area contributed by atoms with Gasteiger partial charge in [0.05, 0.1) is 6.04 Å². The smallest absolute Gasteiger partial charge is 0.239 e. The Morgan fingerprint density at radius 3 is 2.13 bits per heavy atom. The predicted molar refractivity (Wildman–Crippen MR) is 67.3 cm³/mol. The van der Waals surface area contributed by atoms with Gasteiger partial charge in [-0.1, -0.05) is 19.8 Å². The first-order chi connectivity index (χ1) is 6.50. The van der Waals surface area contributed by atoms with Crippen LogP contribution < -0.4 is 5.73 Å². The molecule has 0 radical (unpaired) electrons. The van der Waals surface area contributed by atoms with Gasteiger partial charge in [-0.3, -0.25) is 4.79 Å². The molecule has 15 heavy (non-hydrogen) atoms. The Labute approximate surface area is 99.8 Å². The van der Waals surface area contributed by atoms with Gasteiger partial charge in [0.15, 0.2) is 0 Å². The number of hydrogen-bond donors (Lipinski definition) is 1. The first kappa shape index (κ1) is 17.1. The maximum Gasteiger partial charge on any atom is 0.239 e. The van der Waals surface area contributed by atoms with Crippen molar-refractivity contribution in [2.75, 3.05) is 6.54 Å². The van der Waals surface area contributed by atoms with Gasteiger partial charge in [-0.05, 0) is 27.2 Å². The van der Waals surface area contributed by atoms with E-state index in [4.69, 9.17) is 5.73 Å². The first-order valence-corrected chi connectivity index (χ1v) is 5.56. The first-order valence-electron chi connectivity index (χ1n) is 5.56. The molecule has 2 N–H and O–H groups in total. The van der Waals surface area contributed by atoms with E-state index in [1.54, 1.807) is 6.92 Å². The van der Waals surface area contributed by atoms with Crippen LogP contribution in [-0.4, -0.2) is 29.4 Å². The molecule has 0 bridgehead atoms. The van der Waals surface area contributed by atoms with E-state index in [2.05, 4.69) is 6.92 Å². The van der Waals surface area contributed by atoms with Crippen LogP contribution in [0.15, 0.2) is 0 Å². The van der Waals surface area contributed by atoms with Crippen molar-refractivity contribution in [2.45, 2.75) is 59.0 Å². The molecule has 0 fully saturated rings. The van der Waals surface area contributed by atoms with Crippen molar-refractivity contribution in [2.24, 2.45) is 5.73 Å². The maximum absolute atomic E-state index is 11.7. The van der Waals surface area contributed by atoms with E-state index < -0.39 is 0 Å². The van der Waals surface area contributed by atoms with Crippen molar-refractivity contribution in [3.63, 3.8) is 0 Å². The standard InChI is InChI=1S/C11H24N2O.ClH/c1-5-6-7-8-13(9(2)3)11(14)10(4)12;/h9-10H,5-8,12H2,1-4H3;1H. The fraction of sp³-hybridized carbons (Fsp3) is 0.909. The Hall–Kier alpha value is -0.280. The summed E-state index contributed by atoms with van der Waals surface area (Å²) in [5.74, 6) is 0.0658. The van der Waals surface area contributed by atoms with Crippen LogP contribution in [0.4, 0.5) is 0 Å². The summed E-state index contributed by atoms with van der Waals surface area (Å²) in [4.78, 5) is 13.6. The molecule has 4 heteroatoms. The second kappa shape index (κ2) is 8.98. The number of nitrogens with two attached hydrogens (primary N) is 1. The summed E-state index contributed by atoms with van der Waals surface area (Å²) in [5, 5.41) is 0. The van der Waals surface area contributed by atoms with E-state index >= 15 is 0 Å². The van der Waals surface area contributed by atoms with Crippen LogP contribution >= 0.6 is 12.4 Å². The number of hydrogen-bond acceptors (Lipinski definition) is 2. The molecule has 0 saturated heterocycles. The van der Waals surface area contributed by atoms with Crippen molar-refractivity contribution < 1.29 is 4.79 Å². The molecular formula is C11H25ClN2O. The van der Waals surface area contributed by atoms with Crippen LogP contribution in [0, 0.1) is 0 Å². The second-order valence-corrected chi connectivity index (χ2v) is 4.12. The number of carbonyl (C=O) groups excluding carboxylic acids is 1. The highest BCUT2D eigenvalue weighted by molar-refractivity contribution is 5.85. The largest absolute Gasteiger partial charge is 0.339 e. The fourth-order valence-corrected chi connectivity index (χ4v) is 1.42. The Morgan fingerprint density at radius 2 is 1.80 bits per heavy atom. The zero-order chi connectivity index (χ0) is 11.1. The van der Waals surface area contributed by atoms with Gasteiger partial charge >= 0.3 is 0 Å². The molecule has 0 aliphatic rings. The summed E-state index contributed by atoms with van der Waals surface area (Å²) in [6, 6.07) is -0.121. The van der Waals surface area contributed by atoms with E-state index in [9.17, 15) is 4.79 Å². The molecule has 1 atom stereocenters. The van der Waals surface area contributed by atoms with Gasteiger partial charge < -0.3 is 10.6 Å². The monoisotopic (exact) mass is 236 g/mol. The van der Waals surface area contributed by atoms with Crippen LogP contribution in [0.5, 0.6) is 0 Å². The van der Waals surface area contributed by atoms with Crippen molar-refractivity contribution in [1.82, 2.24) is 4.90 Å². The summed E-state index contributed by atoms with van der Waals surface area (Å²) in [6.45, 7) is 8.81. The van der Waals surface area contributed by atoms with Crippen molar-refractivity contribution >= 4 is 18.3 Å². The van der Waals surface area contributed by atoms with Gasteiger partial charge in [0, 0.05) is 12.6 Å². The Balaban J connectivity index is 0. The Bertz CT molecular complexity index is 172. The van der Waals surface area contributed by atoms with E-state index in [1.165, 1.54) is 12.8 Å². The molecule has 0 rings (SSSR count). The van der Waals surface area contributed by atoms with Crippen molar-refractivity contribution in [1.29, 1.82) is 0 Å². The summed E-state index contributed by atoms with van der Waals surface area (Å²) < 4.78 is 0. The summed E-state index contributed by atoms with van der Waals surface area (Å²) in [6.07, 6.45) is 3.43. The summed E-state index contributed by atoms with van der Waals surface area (Å²) in [5.41, 5.74) is 5.59. The maximum atomic E-state index is 11.7. The highest BCUT2D eigenvalue weighted by Crippen LogP contribution is 2.05. The zero-order valence-corrected chi connectivity index (χ0v) is 11.1. The molecule has 1 amide bonds. The molecular weight excluding hydrogens is 212 g/mol. The lowest BCUT2D eigenvalue weighted by molar-refractivity contribution is -0.133. The van der Waals surface area contributed by atoms with Crippen LogP contribution in [0.2, 0.25) is 0 Å². The molecule has 0 spiro atoms. The lowest BCUT2D eigenvalue weighted by Crippen LogP contribution is -2.46. The Kier molecular flexibility index (Phi) is 10.3. The molecule has 0 aromatic heterocycles. The molecule has 3 nitrogen and oxygen atoms in total. The molecule has 0 heterocycles. The molecule has 0 saturated carbocycles. The van der Waals surface area contributed by atoms with Crippen molar-refractivity contribution in [3.8, 4) is 0 Å². The van der Waals surface area contributed by atoms with Gasteiger partial charge in [-0.15, -0.1) is 12.4 Å². The number of halogens is 1. The third-order valence-electron chi connectivity index (χ3n) is 2.30. The molecule has 0 aromatic carbocycles.